The largest absolute Gasteiger partial charge is 0.395 e. The Kier molecular flexibility index (Phi) is 5.31. The van der Waals surface area contributed by atoms with Crippen molar-refractivity contribution in [1.29, 1.82) is 0 Å². The molecule has 0 fully saturated rings. The zero-order valence-electron chi connectivity index (χ0n) is 11.9. The average molecular weight is 378 g/mol. The molecule has 0 atom stereocenters. The number of rotatable bonds is 7. The summed E-state index contributed by atoms with van der Waals surface area (Å²) in [6, 6.07) is 4.75. The van der Waals surface area contributed by atoms with Crippen LogP contribution < -0.4 is 9.03 Å². The van der Waals surface area contributed by atoms with E-state index in [0.29, 0.717) is 0 Å². The highest BCUT2D eigenvalue weighted by Gasteiger charge is 2.24. The molecule has 0 amide bonds. The minimum atomic E-state index is -3.86. The molecule has 2 aromatic rings. The summed E-state index contributed by atoms with van der Waals surface area (Å²) in [6.07, 6.45) is 0. The Labute approximate surface area is 137 Å². The van der Waals surface area contributed by atoms with Crippen molar-refractivity contribution in [3.63, 3.8) is 0 Å². The maximum absolute atomic E-state index is 12.4. The number of hydrogen-bond donors (Lipinski definition) is 2. The second kappa shape index (κ2) is 6.88. The molecule has 23 heavy (non-hydrogen) atoms. The molecule has 2 rings (SSSR count). The Bertz CT molecular complexity index is 848. The second-order valence-electron chi connectivity index (χ2n) is 4.29. The van der Waals surface area contributed by atoms with Crippen LogP contribution in [0.4, 0.5) is 5.13 Å². The van der Waals surface area contributed by atoms with E-state index in [1.165, 1.54) is 36.8 Å². The van der Waals surface area contributed by atoms with Gasteiger partial charge in [0.05, 0.1) is 16.4 Å². The highest BCUT2D eigenvalue weighted by atomic mass is 32.2. The van der Waals surface area contributed by atoms with Gasteiger partial charge in [-0.2, -0.15) is 0 Å². The minimum Gasteiger partial charge on any atom is -0.395 e. The van der Waals surface area contributed by atoms with Gasteiger partial charge in [-0.1, -0.05) is 11.3 Å². The molecule has 2 N–H and O–H groups in total. The first-order chi connectivity index (χ1) is 10.8. The molecule has 1 heterocycles. The lowest BCUT2D eigenvalue weighted by Crippen LogP contribution is -2.27. The molecule has 0 spiro atoms. The number of anilines is 1. The van der Waals surface area contributed by atoms with E-state index in [1.54, 1.807) is 0 Å². The quantitative estimate of drug-likeness (QED) is 0.672. The van der Waals surface area contributed by atoms with Crippen molar-refractivity contribution in [2.45, 2.75) is 9.79 Å². The first-order valence-corrected chi connectivity index (χ1v) is 10.0. The Morgan fingerprint density at radius 1 is 1.17 bits per heavy atom. The van der Waals surface area contributed by atoms with Crippen molar-refractivity contribution in [1.82, 2.24) is 14.9 Å². The number of nitrogens with zero attached hydrogens (tertiary/aromatic N) is 3. The van der Waals surface area contributed by atoms with Crippen LogP contribution in [0, 0.1) is 0 Å². The molecule has 0 unspecified atom stereocenters. The molecular formula is C11H14N4O5S3. The van der Waals surface area contributed by atoms with E-state index in [-0.39, 0.29) is 28.1 Å². The van der Waals surface area contributed by atoms with Crippen molar-refractivity contribution < 1.29 is 21.9 Å². The van der Waals surface area contributed by atoms with Crippen molar-refractivity contribution in [3.05, 3.63) is 29.8 Å². The molecule has 9 nitrogen and oxygen atoms in total. The van der Waals surface area contributed by atoms with Gasteiger partial charge in [0, 0.05) is 13.6 Å². The third-order valence-corrected chi connectivity index (χ3v) is 6.93. The van der Waals surface area contributed by atoms with Crippen LogP contribution in [-0.2, 0) is 20.0 Å². The predicted octanol–water partition coefficient (Wildman–Crippen LogP) is -0.366. The fraction of sp³-hybridized carbons (Fsp3) is 0.273. The average Bonchev–Trinajstić information content (AvgIpc) is 3.06. The van der Waals surface area contributed by atoms with Gasteiger partial charge in [0.1, 0.15) is 5.51 Å². The molecule has 1 aromatic heterocycles. The lowest BCUT2D eigenvalue weighted by atomic mass is 10.4. The second-order valence-corrected chi connectivity index (χ2v) is 8.83. The Hall–Kier alpha value is -1.60. The summed E-state index contributed by atoms with van der Waals surface area (Å²) in [6.45, 7) is -0.458. The number of aliphatic hydroxyl groups excluding tert-OH is 1. The van der Waals surface area contributed by atoms with E-state index in [4.69, 9.17) is 5.11 Å². The molecular weight excluding hydrogens is 364 g/mol. The summed E-state index contributed by atoms with van der Waals surface area (Å²) < 4.78 is 51.8. The van der Waals surface area contributed by atoms with Crippen LogP contribution in [0.5, 0.6) is 0 Å². The van der Waals surface area contributed by atoms with Crippen molar-refractivity contribution >= 4 is 36.5 Å². The molecule has 0 bridgehead atoms. The van der Waals surface area contributed by atoms with Gasteiger partial charge in [-0.15, -0.1) is 10.2 Å². The van der Waals surface area contributed by atoms with Gasteiger partial charge >= 0.3 is 0 Å². The number of benzene rings is 1. The van der Waals surface area contributed by atoms with Gasteiger partial charge in [-0.3, -0.25) is 0 Å². The monoisotopic (exact) mass is 378 g/mol. The van der Waals surface area contributed by atoms with Gasteiger partial charge < -0.3 is 5.11 Å². The van der Waals surface area contributed by atoms with E-state index in [0.717, 1.165) is 15.6 Å². The van der Waals surface area contributed by atoms with Crippen molar-refractivity contribution in [2.75, 3.05) is 24.5 Å². The van der Waals surface area contributed by atoms with Gasteiger partial charge in [0.2, 0.25) is 15.2 Å². The van der Waals surface area contributed by atoms with E-state index >= 15 is 0 Å². The molecule has 0 aliphatic rings. The molecule has 0 aliphatic heterocycles. The van der Waals surface area contributed by atoms with E-state index in [1.807, 2.05) is 0 Å². The summed E-state index contributed by atoms with van der Waals surface area (Å²) >= 11 is 1.06. The lowest BCUT2D eigenvalue weighted by Gasteiger charge is -2.15. The Balaban J connectivity index is 2.29. The summed E-state index contributed by atoms with van der Waals surface area (Å²) in [5.74, 6) is 0. The highest BCUT2D eigenvalue weighted by molar-refractivity contribution is 7.93. The third-order valence-electron chi connectivity index (χ3n) is 2.81. The van der Waals surface area contributed by atoms with E-state index in [9.17, 15) is 16.8 Å². The summed E-state index contributed by atoms with van der Waals surface area (Å²) in [7, 11) is -6.31. The topological polar surface area (TPSA) is 130 Å². The van der Waals surface area contributed by atoms with Crippen LogP contribution in [0.1, 0.15) is 0 Å². The predicted molar refractivity (Wildman–Crippen MR) is 84.2 cm³/mol. The maximum Gasteiger partial charge on any atom is 0.265 e. The number of sulfonamides is 2. The Morgan fingerprint density at radius 3 is 2.30 bits per heavy atom. The van der Waals surface area contributed by atoms with Crippen LogP contribution in [-0.4, -0.2) is 52.3 Å². The zero-order valence-corrected chi connectivity index (χ0v) is 14.4. The fourth-order valence-corrected chi connectivity index (χ4v) is 4.53. The summed E-state index contributed by atoms with van der Waals surface area (Å²) in [5, 5.41) is 16.1. The number of nitrogens with one attached hydrogen (secondary N) is 1. The Morgan fingerprint density at radius 2 is 1.78 bits per heavy atom. The smallest absolute Gasteiger partial charge is 0.265 e. The molecule has 1 aromatic carbocycles. The summed E-state index contributed by atoms with van der Waals surface area (Å²) in [4.78, 5) is -0.167. The summed E-state index contributed by atoms with van der Waals surface area (Å²) in [5.41, 5.74) is 1.41. The number of aromatic nitrogens is 2. The fourth-order valence-electron chi connectivity index (χ4n) is 1.62. The van der Waals surface area contributed by atoms with Gasteiger partial charge in [-0.25, -0.2) is 25.9 Å². The van der Waals surface area contributed by atoms with Crippen LogP contribution in [0.2, 0.25) is 0 Å². The van der Waals surface area contributed by atoms with Gasteiger partial charge in [0.25, 0.3) is 10.0 Å². The first-order valence-electron chi connectivity index (χ1n) is 6.25. The minimum absolute atomic E-state index is 0.0729. The van der Waals surface area contributed by atoms with Gasteiger partial charge in [0.15, 0.2) is 0 Å². The third kappa shape index (κ3) is 3.84. The van der Waals surface area contributed by atoms with Crippen molar-refractivity contribution in [2.24, 2.45) is 0 Å². The number of aliphatic hydroxyl groups is 1. The lowest BCUT2D eigenvalue weighted by molar-refractivity contribution is 0.301. The highest BCUT2D eigenvalue weighted by Crippen LogP contribution is 2.23. The van der Waals surface area contributed by atoms with E-state index < -0.39 is 20.0 Å². The molecule has 126 valence electrons. The number of hydrogen-bond acceptors (Lipinski definition) is 8. The molecule has 0 radical (unpaired) electrons. The molecule has 0 saturated heterocycles. The van der Waals surface area contributed by atoms with Crippen LogP contribution in [0.25, 0.3) is 0 Å². The van der Waals surface area contributed by atoms with Crippen LogP contribution in [0.15, 0.2) is 39.6 Å². The van der Waals surface area contributed by atoms with Crippen molar-refractivity contribution in [3.8, 4) is 0 Å². The van der Waals surface area contributed by atoms with E-state index in [2.05, 4.69) is 14.9 Å². The van der Waals surface area contributed by atoms with Crippen LogP contribution in [0.3, 0.4) is 0 Å². The standard InChI is InChI=1S/C11H14N4O5S3/c1-15(11-14-12-8-21-11)23(19,20)10-4-2-9(3-5-10)22(17,18)13-6-7-16/h2-5,8,13,16H,6-7H2,1H3. The van der Waals surface area contributed by atoms with Gasteiger partial charge in [-0.05, 0) is 24.3 Å². The molecule has 0 saturated carbocycles. The SMILES string of the molecule is CN(c1nncs1)S(=O)(=O)c1ccc(S(=O)(=O)NCCO)cc1. The maximum atomic E-state index is 12.4. The molecule has 12 heteroatoms. The van der Waals surface area contributed by atoms with Crippen LogP contribution >= 0.6 is 11.3 Å². The zero-order chi connectivity index (χ0) is 17.1. The molecule has 0 aliphatic carbocycles. The normalized spacial score (nSPS) is 12.3. The first kappa shape index (κ1) is 17.7.